The van der Waals surface area contributed by atoms with E-state index in [4.69, 9.17) is 0 Å². The third-order valence-electron chi connectivity index (χ3n) is 3.92. The summed E-state index contributed by atoms with van der Waals surface area (Å²) in [5, 5.41) is 18.9. The summed E-state index contributed by atoms with van der Waals surface area (Å²) in [5.74, 6) is 0.659. The van der Waals surface area contributed by atoms with Gasteiger partial charge in [-0.3, -0.25) is 10.1 Å². The Kier molecular flexibility index (Phi) is 4.59. The molecule has 0 amide bonds. The third-order valence-corrected chi connectivity index (χ3v) is 3.92. The van der Waals surface area contributed by atoms with Crippen LogP contribution in [0.1, 0.15) is 31.9 Å². The summed E-state index contributed by atoms with van der Waals surface area (Å²) in [4.78, 5) is 13.3. The summed E-state index contributed by atoms with van der Waals surface area (Å²) in [6.45, 7) is 3.60. The van der Waals surface area contributed by atoms with E-state index in [1.165, 1.54) is 6.42 Å². The Morgan fingerprint density at radius 1 is 1.50 bits per heavy atom. The van der Waals surface area contributed by atoms with Gasteiger partial charge in [-0.15, -0.1) is 0 Å². The summed E-state index contributed by atoms with van der Waals surface area (Å²) in [5.41, 5.74) is 0.749. The van der Waals surface area contributed by atoms with Gasteiger partial charge in [0.05, 0.1) is 4.92 Å². The third kappa shape index (κ3) is 2.63. The molecule has 1 aliphatic heterocycles. The van der Waals surface area contributed by atoms with E-state index in [1.54, 1.807) is 11.7 Å². The van der Waals surface area contributed by atoms with E-state index >= 15 is 0 Å². The first-order chi connectivity index (χ1) is 9.60. The Labute approximate surface area is 119 Å². The summed E-state index contributed by atoms with van der Waals surface area (Å²) < 4.78 is 1.67. The predicted molar refractivity (Wildman–Crippen MR) is 78.2 cm³/mol. The second-order valence-electron chi connectivity index (χ2n) is 5.25. The first kappa shape index (κ1) is 14.8. The van der Waals surface area contributed by atoms with Gasteiger partial charge in [0.2, 0.25) is 5.82 Å². The van der Waals surface area contributed by atoms with E-state index in [0.29, 0.717) is 24.0 Å². The molecule has 1 aromatic rings. The highest BCUT2D eigenvalue weighted by atomic mass is 16.6. The number of nitrogens with zero attached hydrogens (tertiary/aromatic N) is 4. The van der Waals surface area contributed by atoms with Crippen LogP contribution in [0.5, 0.6) is 0 Å². The van der Waals surface area contributed by atoms with Crippen LogP contribution in [0.15, 0.2) is 0 Å². The number of hydrogen-bond acceptors (Lipinski definition) is 5. The first-order valence-corrected chi connectivity index (χ1v) is 7.21. The number of anilines is 1. The Bertz CT molecular complexity index is 483. The molecule has 1 atom stereocenters. The Morgan fingerprint density at radius 2 is 2.25 bits per heavy atom. The van der Waals surface area contributed by atoms with Crippen molar-refractivity contribution >= 4 is 11.5 Å². The average molecular weight is 281 g/mol. The second-order valence-corrected chi connectivity index (χ2v) is 5.25. The zero-order chi connectivity index (χ0) is 14.7. The Hall–Kier alpha value is -1.63. The topological polar surface area (TPSA) is 76.2 Å². The van der Waals surface area contributed by atoms with E-state index in [-0.39, 0.29) is 10.6 Å². The molecule has 2 rings (SSSR count). The fourth-order valence-electron chi connectivity index (χ4n) is 3.03. The number of aryl methyl sites for hydroxylation is 2. The lowest BCUT2D eigenvalue weighted by atomic mass is 10.0. The highest BCUT2D eigenvalue weighted by Gasteiger charge is 2.33. The van der Waals surface area contributed by atoms with Crippen LogP contribution < -0.4 is 10.2 Å². The number of likely N-dealkylation sites (N-methyl/N-ethyl adjacent to an activating group) is 1. The molecule has 2 heterocycles. The molecule has 1 unspecified atom stereocenters. The van der Waals surface area contributed by atoms with Gasteiger partial charge in [0.15, 0.2) is 0 Å². The molecule has 0 spiro atoms. The van der Waals surface area contributed by atoms with Crippen LogP contribution >= 0.6 is 0 Å². The van der Waals surface area contributed by atoms with Gasteiger partial charge in [-0.05, 0) is 32.7 Å². The van der Waals surface area contributed by atoms with E-state index in [0.717, 1.165) is 25.9 Å². The van der Waals surface area contributed by atoms with Crippen molar-refractivity contribution in [1.82, 2.24) is 15.1 Å². The molecule has 1 aliphatic rings. The lowest BCUT2D eigenvalue weighted by Gasteiger charge is -2.36. The van der Waals surface area contributed by atoms with Gasteiger partial charge in [0.25, 0.3) is 0 Å². The van der Waals surface area contributed by atoms with Crippen molar-refractivity contribution < 1.29 is 4.92 Å². The highest BCUT2D eigenvalue weighted by Crippen LogP contribution is 2.35. The number of piperidine rings is 1. The van der Waals surface area contributed by atoms with Crippen LogP contribution in [0, 0.1) is 10.1 Å². The molecule has 0 aromatic carbocycles. The Morgan fingerprint density at radius 3 is 2.85 bits per heavy atom. The fraction of sp³-hybridized carbons (Fsp3) is 0.769. The Balaban J connectivity index is 2.43. The molecule has 20 heavy (non-hydrogen) atoms. The van der Waals surface area contributed by atoms with Crippen molar-refractivity contribution in [2.45, 2.75) is 38.6 Å². The normalized spacial score (nSPS) is 19.4. The van der Waals surface area contributed by atoms with Crippen molar-refractivity contribution in [2.75, 3.05) is 25.0 Å². The SMILES string of the molecule is CCc1nn(C)c(N2CCCCC2CNC)c1[N+](=O)[O-]. The molecule has 0 aliphatic carbocycles. The number of nitro groups is 1. The maximum atomic E-state index is 11.4. The maximum absolute atomic E-state index is 11.4. The molecule has 0 radical (unpaired) electrons. The van der Waals surface area contributed by atoms with Crippen molar-refractivity contribution in [3.8, 4) is 0 Å². The number of hydrogen-bond donors (Lipinski definition) is 1. The van der Waals surface area contributed by atoms with E-state index in [2.05, 4.69) is 15.3 Å². The van der Waals surface area contributed by atoms with Gasteiger partial charge in [-0.2, -0.15) is 5.10 Å². The summed E-state index contributed by atoms with van der Waals surface area (Å²) in [7, 11) is 3.72. The molecule has 0 saturated carbocycles. The summed E-state index contributed by atoms with van der Waals surface area (Å²) in [6, 6.07) is 0.299. The lowest BCUT2D eigenvalue weighted by Crippen LogP contribution is -2.46. The first-order valence-electron chi connectivity index (χ1n) is 7.21. The second kappa shape index (κ2) is 6.21. The molecule has 1 N–H and O–H groups in total. The van der Waals surface area contributed by atoms with Gasteiger partial charge in [-0.1, -0.05) is 6.92 Å². The van der Waals surface area contributed by atoms with Crippen LogP contribution in [0.3, 0.4) is 0 Å². The van der Waals surface area contributed by atoms with Crippen LogP contribution in [-0.4, -0.2) is 40.9 Å². The monoisotopic (exact) mass is 281 g/mol. The van der Waals surface area contributed by atoms with Gasteiger partial charge in [0.1, 0.15) is 5.69 Å². The molecule has 112 valence electrons. The molecule has 1 saturated heterocycles. The minimum Gasteiger partial charge on any atom is -0.347 e. The number of aromatic nitrogens is 2. The standard InChI is InChI=1S/C13H23N5O2/c1-4-11-12(18(19)20)13(16(3)15-11)17-8-6-5-7-10(17)9-14-2/h10,14H,4-9H2,1-3H3. The molecule has 7 heteroatoms. The molecule has 1 aromatic heterocycles. The smallest absolute Gasteiger partial charge is 0.334 e. The predicted octanol–water partition coefficient (Wildman–Crippen LogP) is 1.47. The molecule has 1 fully saturated rings. The summed E-state index contributed by atoms with van der Waals surface area (Å²) >= 11 is 0. The van der Waals surface area contributed by atoms with Crippen LogP contribution in [-0.2, 0) is 13.5 Å². The van der Waals surface area contributed by atoms with Crippen LogP contribution in [0.25, 0.3) is 0 Å². The lowest BCUT2D eigenvalue weighted by molar-refractivity contribution is -0.384. The van der Waals surface area contributed by atoms with E-state index < -0.39 is 0 Å². The van der Waals surface area contributed by atoms with E-state index in [1.807, 2.05) is 14.0 Å². The quantitative estimate of drug-likeness (QED) is 0.653. The van der Waals surface area contributed by atoms with Gasteiger partial charge < -0.3 is 10.2 Å². The summed E-state index contributed by atoms with van der Waals surface area (Å²) in [6.07, 6.45) is 3.89. The van der Waals surface area contributed by atoms with Crippen molar-refractivity contribution in [3.05, 3.63) is 15.8 Å². The molecule has 7 nitrogen and oxygen atoms in total. The zero-order valence-electron chi connectivity index (χ0n) is 12.4. The number of rotatable bonds is 5. The van der Waals surface area contributed by atoms with Crippen LogP contribution in [0.2, 0.25) is 0 Å². The molecular formula is C13H23N5O2. The van der Waals surface area contributed by atoms with Gasteiger partial charge in [0, 0.05) is 26.2 Å². The van der Waals surface area contributed by atoms with Crippen molar-refractivity contribution in [3.63, 3.8) is 0 Å². The minimum absolute atomic E-state index is 0.179. The van der Waals surface area contributed by atoms with Crippen LogP contribution in [0.4, 0.5) is 11.5 Å². The molecular weight excluding hydrogens is 258 g/mol. The fourth-order valence-corrected chi connectivity index (χ4v) is 3.03. The van der Waals surface area contributed by atoms with Gasteiger partial charge in [-0.25, -0.2) is 4.68 Å². The number of nitrogens with one attached hydrogen (secondary N) is 1. The van der Waals surface area contributed by atoms with Crippen molar-refractivity contribution in [2.24, 2.45) is 7.05 Å². The average Bonchev–Trinajstić information content (AvgIpc) is 2.76. The maximum Gasteiger partial charge on any atom is 0.334 e. The zero-order valence-corrected chi connectivity index (χ0v) is 12.4. The molecule has 0 bridgehead atoms. The van der Waals surface area contributed by atoms with Gasteiger partial charge >= 0.3 is 5.69 Å². The van der Waals surface area contributed by atoms with E-state index in [9.17, 15) is 10.1 Å². The van der Waals surface area contributed by atoms with Crippen molar-refractivity contribution in [1.29, 1.82) is 0 Å². The highest BCUT2D eigenvalue weighted by molar-refractivity contribution is 5.62. The largest absolute Gasteiger partial charge is 0.347 e. The minimum atomic E-state index is -0.286.